The zero-order chi connectivity index (χ0) is 17.2. The van der Waals surface area contributed by atoms with Crippen LogP contribution in [0, 0.1) is 0 Å². The van der Waals surface area contributed by atoms with Crippen LogP contribution in [-0.2, 0) is 6.54 Å². The molecule has 1 aromatic rings. The lowest BCUT2D eigenvalue weighted by molar-refractivity contribution is 0.172. The SMILES string of the molecule is CN=C(NCCCCSC)N1CCN(Cc2cccc(Cl)c2)CC1. The van der Waals surface area contributed by atoms with Crippen molar-refractivity contribution in [3.05, 3.63) is 34.9 Å². The molecule has 6 heteroatoms. The second-order valence-electron chi connectivity index (χ2n) is 6.07. The fraction of sp³-hybridized carbons (Fsp3) is 0.611. The molecule has 0 radical (unpaired) electrons. The minimum atomic E-state index is 0.817. The number of unbranched alkanes of at least 4 members (excludes halogenated alkanes) is 1. The number of rotatable bonds is 7. The number of hydrogen-bond donors (Lipinski definition) is 1. The van der Waals surface area contributed by atoms with Crippen LogP contribution in [0.4, 0.5) is 0 Å². The predicted molar refractivity (Wildman–Crippen MR) is 107 cm³/mol. The van der Waals surface area contributed by atoms with Crippen LogP contribution in [0.3, 0.4) is 0 Å². The van der Waals surface area contributed by atoms with Crippen LogP contribution in [0.1, 0.15) is 18.4 Å². The molecule has 0 aromatic heterocycles. The Kier molecular flexibility index (Phi) is 8.78. The largest absolute Gasteiger partial charge is 0.356 e. The van der Waals surface area contributed by atoms with Crippen LogP contribution in [0.15, 0.2) is 29.3 Å². The summed E-state index contributed by atoms with van der Waals surface area (Å²) in [6, 6.07) is 8.16. The Morgan fingerprint density at radius 1 is 1.25 bits per heavy atom. The monoisotopic (exact) mass is 368 g/mol. The highest BCUT2D eigenvalue weighted by Gasteiger charge is 2.19. The molecule has 1 N–H and O–H groups in total. The third-order valence-corrected chi connectivity index (χ3v) is 5.17. The molecular formula is C18H29ClN4S. The van der Waals surface area contributed by atoms with Gasteiger partial charge in [0.15, 0.2) is 5.96 Å². The number of nitrogens with zero attached hydrogens (tertiary/aromatic N) is 3. The van der Waals surface area contributed by atoms with Crippen LogP contribution in [0.2, 0.25) is 5.02 Å². The maximum atomic E-state index is 6.07. The molecule has 1 fully saturated rings. The highest BCUT2D eigenvalue weighted by Crippen LogP contribution is 2.14. The van der Waals surface area contributed by atoms with E-state index in [0.717, 1.165) is 50.3 Å². The van der Waals surface area contributed by atoms with Crippen molar-refractivity contribution in [2.45, 2.75) is 19.4 Å². The number of guanidine groups is 1. The van der Waals surface area contributed by atoms with Gasteiger partial charge in [0, 0.05) is 51.3 Å². The summed E-state index contributed by atoms with van der Waals surface area (Å²) in [5.41, 5.74) is 1.28. The van der Waals surface area contributed by atoms with Gasteiger partial charge in [0.05, 0.1) is 0 Å². The molecule has 1 aliphatic heterocycles. The van der Waals surface area contributed by atoms with E-state index in [1.54, 1.807) is 0 Å². The fourth-order valence-corrected chi connectivity index (χ4v) is 3.62. The Balaban J connectivity index is 1.72. The maximum Gasteiger partial charge on any atom is 0.193 e. The maximum absolute atomic E-state index is 6.07. The number of piperazine rings is 1. The van der Waals surface area contributed by atoms with Crippen molar-refractivity contribution < 1.29 is 0 Å². The van der Waals surface area contributed by atoms with Crippen LogP contribution < -0.4 is 5.32 Å². The van der Waals surface area contributed by atoms with Crippen molar-refractivity contribution in [1.82, 2.24) is 15.1 Å². The quantitative estimate of drug-likeness (QED) is 0.455. The van der Waals surface area contributed by atoms with E-state index in [4.69, 9.17) is 11.6 Å². The zero-order valence-electron chi connectivity index (χ0n) is 14.8. The average Bonchev–Trinajstić information content (AvgIpc) is 2.59. The highest BCUT2D eigenvalue weighted by molar-refractivity contribution is 7.98. The smallest absolute Gasteiger partial charge is 0.193 e. The number of thioether (sulfide) groups is 1. The molecule has 0 amide bonds. The van der Waals surface area contributed by atoms with E-state index in [-0.39, 0.29) is 0 Å². The van der Waals surface area contributed by atoms with Gasteiger partial charge in [-0.15, -0.1) is 0 Å². The van der Waals surface area contributed by atoms with Gasteiger partial charge in [-0.2, -0.15) is 11.8 Å². The number of hydrogen-bond acceptors (Lipinski definition) is 3. The first kappa shape index (κ1) is 19.4. The van der Waals surface area contributed by atoms with Gasteiger partial charge in [-0.05, 0) is 42.5 Å². The Bertz CT molecular complexity index is 515. The molecule has 0 saturated carbocycles. The lowest BCUT2D eigenvalue weighted by Crippen LogP contribution is -2.52. The second kappa shape index (κ2) is 10.9. The molecule has 1 heterocycles. The van der Waals surface area contributed by atoms with E-state index in [1.807, 2.05) is 30.9 Å². The van der Waals surface area contributed by atoms with Crippen molar-refractivity contribution in [2.24, 2.45) is 4.99 Å². The zero-order valence-corrected chi connectivity index (χ0v) is 16.4. The molecule has 0 spiro atoms. The van der Waals surface area contributed by atoms with E-state index in [0.29, 0.717) is 0 Å². The lowest BCUT2D eigenvalue weighted by Gasteiger charge is -2.36. The van der Waals surface area contributed by atoms with Gasteiger partial charge in [-0.25, -0.2) is 0 Å². The van der Waals surface area contributed by atoms with Crippen LogP contribution in [0.25, 0.3) is 0 Å². The Morgan fingerprint density at radius 3 is 2.71 bits per heavy atom. The molecule has 1 aromatic carbocycles. The van der Waals surface area contributed by atoms with Gasteiger partial charge in [0.2, 0.25) is 0 Å². The lowest BCUT2D eigenvalue weighted by atomic mass is 10.2. The van der Waals surface area contributed by atoms with Gasteiger partial charge in [-0.3, -0.25) is 9.89 Å². The minimum absolute atomic E-state index is 0.817. The summed E-state index contributed by atoms with van der Waals surface area (Å²) >= 11 is 7.99. The molecule has 24 heavy (non-hydrogen) atoms. The summed E-state index contributed by atoms with van der Waals surface area (Å²) in [6.07, 6.45) is 4.63. The van der Waals surface area contributed by atoms with E-state index in [2.05, 4.69) is 38.5 Å². The summed E-state index contributed by atoms with van der Waals surface area (Å²) in [4.78, 5) is 9.28. The van der Waals surface area contributed by atoms with Crippen molar-refractivity contribution in [3.63, 3.8) is 0 Å². The Hall–Kier alpha value is -0.910. The highest BCUT2D eigenvalue weighted by atomic mass is 35.5. The number of benzene rings is 1. The van der Waals surface area contributed by atoms with E-state index in [1.165, 1.54) is 24.2 Å². The minimum Gasteiger partial charge on any atom is -0.356 e. The molecule has 4 nitrogen and oxygen atoms in total. The summed E-state index contributed by atoms with van der Waals surface area (Å²) in [5.74, 6) is 2.28. The van der Waals surface area contributed by atoms with E-state index < -0.39 is 0 Å². The third-order valence-electron chi connectivity index (χ3n) is 4.24. The fourth-order valence-electron chi connectivity index (χ4n) is 2.92. The standard InChI is InChI=1S/C18H29ClN4S/c1-20-18(21-8-3-4-13-24-2)23-11-9-22(10-12-23)15-16-6-5-7-17(19)14-16/h5-7,14H,3-4,8-13,15H2,1-2H3,(H,20,21). The summed E-state index contributed by atoms with van der Waals surface area (Å²) in [6.45, 7) is 6.13. The Labute approximate surface area is 155 Å². The van der Waals surface area contributed by atoms with E-state index >= 15 is 0 Å². The topological polar surface area (TPSA) is 30.9 Å². The van der Waals surface area contributed by atoms with Crippen LogP contribution >= 0.6 is 23.4 Å². The van der Waals surface area contributed by atoms with Gasteiger partial charge < -0.3 is 10.2 Å². The van der Waals surface area contributed by atoms with Crippen molar-refractivity contribution in [1.29, 1.82) is 0 Å². The summed E-state index contributed by atoms with van der Waals surface area (Å²) in [7, 11) is 1.88. The Morgan fingerprint density at radius 2 is 2.04 bits per heavy atom. The molecular weight excluding hydrogens is 340 g/mol. The van der Waals surface area contributed by atoms with Crippen molar-refractivity contribution >= 4 is 29.3 Å². The van der Waals surface area contributed by atoms with Gasteiger partial charge in [0.1, 0.15) is 0 Å². The number of halogens is 1. The first-order chi connectivity index (χ1) is 11.7. The molecule has 0 atom stereocenters. The van der Waals surface area contributed by atoms with E-state index in [9.17, 15) is 0 Å². The molecule has 0 bridgehead atoms. The summed E-state index contributed by atoms with van der Waals surface area (Å²) < 4.78 is 0. The first-order valence-corrected chi connectivity index (χ1v) is 10.4. The number of aliphatic imine (C=N–C) groups is 1. The molecule has 0 aliphatic carbocycles. The first-order valence-electron chi connectivity index (χ1n) is 8.64. The van der Waals surface area contributed by atoms with Crippen molar-refractivity contribution in [2.75, 3.05) is 51.8 Å². The van der Waals surface area contributed by atoms with Crippen LogP contribution in [0.5, 0.6) is 0 Å². The third kappa shape index (κ3) is 6.54. The normalized spacial score (nSPS) is 16.5. The molecule has 134 valence electrons. The van der Waals surface area contributed by atoms with Crippen molar-refractivity contribution in [3.8, 4) is 0 Å². The molecule has 1 aliphatic rings. The molecule has 0 unspecified atom stereocenters. The number of nitrogens with one attached hydrogen (secondary N) is 1. The average molecular weight is 369 g/mol. The second-order valence-corrected chi connectivity index (χ2v) is 7.49. The van der Waals surface area contributed by atoms with Gasteiger partial charge >= 0.3 is 0 Å². The van der Waals surface area contributed by atoms with Crippen LogP contribution in [-0.4, -0.2) is 67.5 Å². The molecule has 1 saturated heterocycles. The van der Waals surface area contributed by atoms with Gasteiger partial charge in [0.25, 0.3) is 0 Å². The molecule has 2 rings (SSSR count). The predicted octanol–water partition coefficient (Wildman–Crippen LogP) is 3.18. The summed E-state index contributed by atoms with van der Waals surface area (Å²) in [5, 5.41) is 4.32. The van der Waals surface area contributed by atoms with Gasteiger partial charge in [-0.1, -0.05) is 23.7 Å².